The highest BCUT2D eigenvalue weighted by atomic mass is 32.1. The van der Waals surface area contributed by atoms with Gasteiger partial charge in [-0.3, -0.25) is 4.79 Å². The van der Waals surface area contributed by atoms with Gasteiger partial charge in [0.2, 0.25) is 0 Å². The van der Waals surface area contributed by atoms with Gasteiger partial charge in [0.05, 0.1) is 36.9 Å². The Morgan fingerprint density at radius 2 is 1.79 bits per heavy atom. The molecule has 10 heteroatoms. The van der Waals surface area contributed by atoms with E-state index in [1.54, 1.807) is 35.7 Å². The highest BCUT2D eigenvalue weighted by molar-refractivity contribution is 7.14. The molecule has 0 bridgehead atoms. The summed E-state index contributed by atoms with van der Waals surface area (Å²) in [6, 6.07) is 13.2. The smallest absolute Gasteiger partial charge is 0.417 e. The molecule has 194 valence electrons. The first-order valence-corrected chi connectivity index (χ1v) is 12.0. The molecule has 0 fully saturated rings. The minimum Gasteiger partial charge on any atom is -0.493 e. The third-order valence-electron chi connectivity index (χ3n) is 5.93. The van der Waals surface area contributed by atoms with Gasteiger partial charge in [-0.1, -0.05) is 30.9 Å². The number of nitriles is 1. The van der Waals surface area contributed by atoms with E-state index >= 15 is 0 Å². The van der Waals surface area contributed by atoms with Crippen molar-refractivity contribution < 1.29 is 27.0 Å². The lowest BCUT2D eigenvalue weighted by molar-refractivity contribution is -0.137. The largest absolute Gasteiger partial charge is 0.493 e. The van der Waals surface area contributed by atoms with Crippen molar-refractivity contribution in [3.8, 4) is 39.3 Å². The van der Waals surface area contributed by atoms with Crippen molar-refractivity contribution in [2.24, 2.45) is 0 Å². The molecule has 0 aliphatic rings. The summed E-state index contributed by atoms with van der Waals surface area (Å²) in [5.41, 5.74) is -1.73. The van der Waals surface area contributed by atoms with Gasteiger partial charge in [0.15, 0.2) is 11.5 Å². The average molecular weight is 541 g/mol. The summed E-state index contributed by atoms with van der Waals surface area (Å²) in [5.74, 6) is 0.314. The molecule has 2 aromatic heterocycles. The molecule has 0 saturated carbocycles. The molecule has 38 heavy (non-hydrogen) atoms. The lowest BCUT2D eigenvalue weighted by Gasteiger charge is -2.17. The molecule has 4 rings (SSSR count). The summed E-state index contributed by atoms with van der Waals surface area (Å²) >= 11 is 1.11. The van der Waals surface area contributed by atoms with Crippen LogP contribution in [0.1, 0.15) is 22.3 Å². The van der Waals surface area contributed by atoms with Gasteiger partial charge >= 0.3 is 6.18 Å². The van der Waals surface area contributed by atoms with E-state index in [0.29, 0.717) is 33.1 Å². The molecular formula is C28H20F4N2O3S. The van der Waals surface area contributed by atoms with Crippen LogP contribution < -0.4 is 15.0 Å². The summed E-state index contributed by atoms with van der Waals surface area (Å²) in [7, 11) is 2.98. The van der Waals surface area contributed by atoms with Crippen molar-refractivity contribution >= 4 is 17.4 Å². The maximum Gasteiger partial charge on any atom is 0.417 e. The van der Waals surface area contributed by atoms with Crippen LogP contribution in [0.25, 0.3) is 27.8 Å². The lowest BCUT2D eigenvalue weighted by atomic mass is 10.0. The highest BCUT2D eigenvalue weighted by Crippen LogP contribution is 2.39. The van der Waals surface area contributed by atoms with Gasteiger partial charge in [-0.15, -0.1) is 11.3 Å². The molecule has 5 nitrogen and oxygen atoms in total. The van der Waals surface area contributed by atoms with Gasteiger partial charge in [-0.05, 0) is 52.4 Å². The zero-order chi connectivity index (χ0) is 27.6. The number of benzene rings is 2. The van der Waals surface area contributed by atoms with E-state index in [9.17, 15) is 27.6 Å². The summed E-state index contributed by atoms with van der Waals surface area (Å²) < 4.78 is 67.9. The quantitative estimate of drug-likeness (QED) is 0.237. The number of thiophene rings is 1. The van der Waals surface area contributed by atoms with Crippen LogP contribution in [-0.2, 0) is 12.7 Å². The van der Waals surface area contributed by atoms with Crippen LogP contribution in [0.5, 0.6) is 11.5 Å². The molecule has 0 amide bonds. The van der Waals surface area contributed by atoms with Gasteiger partial charge in [-0.2, -0.15) is 18.4 Å². The number of nitrogens with zero attached hydrogens (tertiary/aromatic N) is 2. The van der Waals surface area contributed by atoms with Gasteiger partial charge in [-0.25, -0.2) is 4.39 Å². The Labute approximate surface area is 219 Å². The maximum absolute atomic E-state index is 14.8. The lowest BCUT2D eigenvalue weighted by Crippen LogP contribution is -2.28. The van der Waals surface area contributed by atoms with Gasteiger partial charge < -0.3 is 14.0 Å². The maximum atomic E-state index is 14.8. The van der Waals surface area contributed by atoms with E-state index in [0.717, 1.165) is 22.0 Å². The zero-order valence-electron chi connectivity index (χ0n) is 20.2. The van der Waals surface area contributed by atoms with E-state index in [1.807, 2.05) is 0 Å². The summed E-state index contributed by atoms with van der Waals surface area (Å²) in [5, 5.41) is 11.1. The number of ether oxygens (including phenoxy) is 2. The number of hydrogen-bond donors (Lipinski definition) is 0. The fourth-order valence-corrected chi connectivity index (χ4v) is 4.91. The Balaban J connectivity index is 1.91. The first-order chi connectivity index (χ1) is 18.1. The molecule has 0 aliphatic carbocycles. The number of alkyl halides is 3. The molecule has 2 aromatic carbocycles. The normalized spacial score (nSPS) is 11.2. The van der Waals surface area contributed by atoms with Crippen molar-refractivity contribution in [2.75, 3.05) is 14.2 Å². The van der Waals surface area contributed by atoms with Crippen molar-refractivity contribution in [2.45, 2.75) is 12.7 Å². The highest BCUT2D eigenvalue weighted by Gasteiger charge is 2.36. The molecule has 2 heterocycles. The van der Waals surface area contributed by atoms with Crippen molar-refractivity contribution in [3.63, 3.8) is 0 Å². The van der Waals surface area contributed by atoms with Crippen LogP contribution in [0.3, 0.4) is 0 Å². The minimum atomic E-state index is -4.95. The molecule has 0 spiro atoms. The molecule has 4 aromatic rings. The second-order valence-electron chi connectivity index (χ2n) is 8.14. The molecule has 0 atom stereocenters. The number of rotatable bonds is 7. The van der Waals surface area contributed by atoms with Crippen LogP contribution in [-0.4, -0.2) is 18.8 Å². The number of hydrogen-bond acceptors (Lipinski definition) is 5. The molecule has 0 aliphatic heterocycles. The fraction of sp³-hybridized carbons (Fsp3) is 0.143. The number of aromatic nitrogens is 1. The SMILES string of the molecule is C=Cc1ccc(Cn2c(-c3cc(-c4ccc(OC)c(OC)c4)cs3)cc(C(F)(F)F)c(C#N)c2=O)c(F)c1. The monoisotopic (exact) mass is 540 g/mol. The second-order valence-corrected chi connectivity index (χ2v) is 9.05. The van der Waals surface area contributed by atoms with Gasteiger partial charge in [0.1, 0.15) is 17.4 Å². The Hall–Kier alpha value is -4.36. The zero-order valence-corrected chi connectivity index (χ0v) is 21.0. The molecular weight excluding hydrogens is 520 g/mol. The predicted octanol–water partition coefficient (Wildman–Crippen LogP) is 6.98. The Morgan fingerprint density at radius 3 is 2.39 bits per heavy atom. The van der Waals surface area contributed by atoms with Crippen LogP contribution in [0.2, 0.25) is 0 Å². The van der Waals surface area contributed by atoms with Crippen LogP contribution in [0.15, 0.2) is 65.3 Å². The van der Waals surface area contributed by atoms with Gasteiger partial charge in [0, 0.05) is 5.56 Å². The molecule has 0 radical (unpaired) electrons. The number of pyridine rings is 1. The summed E-state index contributed by atoms with van der Waals surface area (Å²) in [4.78, 5) is 13.5. The third kappa shape index (κ3) is 5.06. The van der Waals surface area contributed by atoms with Crippen LogP contribution >= 0.6 is 11.3 Å². The van der Waals surface area contributed by atoms with Gasteiger partial charge in [0.25, 0.3) is 5.56 Å². The fourth-order valence-electron chi connectivity index (χ4n) is 3.97. The molecule has 0 N–H and O–H groups in total. The van der Waals surface area contributed by atoms with Crippen LogP contribution in [0, 0.1) is 17.1 Å². The predicted molar refractivity (Wildman–Crippen MR) is 138 cm³/mol. The minimum absolute atomic E-state index is 0.0688. The third-order valence-corrected chi connectivity index (χ3v) is 6.88. The summed E-state index contributed by atoms with van der Waals surface area (Å²) in [6.45, 7) is 3.20. The molecule has 0 saturated heterocycles. The standard InChI is InChI=1S/C28H20F4N2O3S/c1-4-16-5-6-18(22(29)9-16)14-34-23(12-21(28(30,31)32)20(13-33)27(34)35)26-11-19(15-38-26)17-7-8-24(36-2)25(10-17)37-3/h4-12,15H,1,14H2,2-3H3. The van der Waals surface area contributed by atoms with Crippen LogP contribution in [0.4, 0.5) is 17.6 Å². The summed E-state index contributed by atoms with van der Waals surface area (Å²) in [6.07, 6.45) is -3.50. The average Bonchev–Trinajstić information content (AvgIpc) is 3.39. The van der Waals surface area contributed by atoms with Crippen molar-refractivity contribution in [3.05, 3.63) is 98.9 Å². The molecule has 0 unspecified atom stereocenters. The van der Waals surface area contributed by atoms with E-state index in [4.69, 9.17) is 9.47 Å². The second kappa shape index (κ2) is 10.6. The van der Waals surface area contributed by atoms with E-state index in [1.165, 1.54) is 38.5 Å². The Morgan fingerprint density at radius 1 is 1.05 bits per heavy atom. The first kappa shape index (κ1) is 26.7. The number of halogens is 4. The van der Waals surface area contributed by atoms with E-state index < -0.39 is 28.7 Å². The van der Waals surface area contributed by atoms with E-state index in [2.05, 4.69) is 6.58 Å². The van der Waals surface area contributed by atoms with Crippen molar-refractivity contribution in [1.29, 1.82) is 5.26 Å². The van der Waals surface area contributed by atoms with E-state index in [-0.39, 0.29) is 17.8 Å². The van der Waals surface area contributed by atoms with Crippen molar-refractivity contribution in [1.82, 2.24) is 4.57 Å². The Kier molecular flexibility index (Phi) is 7.41. The topological polar surface area (TPSA) is 64.2 Å². The Bertz CT molecular complexity index is 1630. The number of methoxy groups -OCH3 is 2. The first-order valence-electron chi connectivity index (χ1n) is 11.1.